The van der Waals surface area contributed by atoms with E-state index in [1.165, 1.54) is 24.3 Å². The molecule has 0 radical (unpaired) electrons. The number of rotatable bonds is 3. The number of hydroxylamine groups is 2. The normalized spacial score (nSPS) is 16.8. The molecule has 0 aromatic carbocycles. The second-order valence-corrected chi connectivity index (χ2v) is 4.35. The zero-order chi connectivity index (χ0) is 11.4. The molecule has 1 saturated heterocycles. The SMILES string of the molecule is CN(O)Cc1cccnc1N1CCCCC1. The maximum atomic E-state index is 9.32. The van der Waals surface area contributed by atoms with E-state index >= 15 is 0 Å². The summed E-state index contributed by atoms with van der Waals surface area (Å²) >= 11 is 0. The summed E-state index contributed by atoms with van der Waals surface area (Å²) in [6.45, 7) is 2.69. The van der Waals surface area contributed by atoms with E-state index in [9.17, 15) is 5.21 Å². The number of aromatic nitrogens is 1. The third-order valence-electron chi connectivity index (χ3n) is 2.92. The summed E-state index contributed by atoms with van der Waals surface area (Å²) in [7, 11) is 1.66. The first-order valence-electron chi connectivity index (χ1n) is 5.86. The molecule has 0 atom stereocenters. The van der Waals surface area contributed by atoms with Gasteiger partial charge in [-0.2, -0.15) is 5.06 Å². The Bertz CT molecular complexity index is 335. The lowest BCUT2D eigenvalue weighted by molar-refractivity contribution is -0.0731. The molecule has 1 fully saturated rings. The minimum Gasteiger partial charge on any atom is -0.356 e. The van der Waals surface area contributed by atoms with Gasteiger partial charge in [0.25, 0.3) is 0 Å². The summed E-state index contributed by atoms with van der Waals surface area (Å²) in [5.74, 6) is 1.03. The van der Waals surface area contributed by atoms with Gasteiger partial charge < -0.3 is 10.1 Å². The van der Waals surface area contributed by atoms with Gasteiger partial charge in [-0.05, 0) is 25.3 Å². The zero-order valence-electron chi connectivity index (χ0n) is 9.76. The maximum Gasteiger partial charge on any atom is 0.133 e. The van der Waals surface area contributed by atoms with E-state index in [0.717, 1.165) is 24.5 Å². The average Bonchev–Trinajstić information content (AvgIpc) is 2.30. The van der Waals surface area contributed by atoms with E-state index in [1.54, 1.807) is 7.05 Å². The van der Waals surface area contributed by atoms with Crippen LogP contribution in [0.3, 0.4) is 0 Å². The summed E-state index contributed by atoms with van der Waals surface area (Å²) in [4.78, 5) is 6.77. The van der Waals surface area contributed by atoms with Crippen LogP contribution in [-0.2, 0) is 6.54 Å². The standard InChI is InChI=1S/C12H19N3O/c1-14(16)10-11-6-5-7-13-12(11)15-8-3-2-4-9-15/h5-7,16H,2-4,8-10H2,1H3. The van der Waals surface area contributed by atoms with E-state index in [-0.39, 0.29) is 0 Å². The third-order valence-corrected chi connectivity index (χ3v) is 2.92. The van der Waals surface area contributed by atoms with E-state index in [1.807, 2.05) is 18.3 Å². The molecule has 1 aliphatic rings. The maximum absolute atomic E-state index is 9.32. The Balaban J connectivity index is 2.17. The fourth-order valence-electron chi connectivity index (χ4n) is 2.19. The monoisotopic (exact) mass is 221 g/mol. The van der Waals surface area contributed by atoms with Crippen molar-refractivity contribution >= 4 is 5.82 Å². The fourth-order valence-corrected chi connectivity index (χ4v) is 2.19. The van der Waals surface area contributed by atoms with E-state index in [2.05, 4.69) is 9.88 Å². The van der Waals surface area contributed by atoms with Gasteiger partial charge in [-0.1, -0.05) is 6.07 Å². The van der Waals surface area contributed by atoms with E-state index < -0.39 is 0 Å². The topological polar surface area (TPSA) is 39.6 Å². The van der Waals surface area contributed by atoms with E-state index in [0.29, 0.717) is 6.54 Å². The predicted molar refractivity (Wildman–Crippen MR) is 63.6 cm³/mol. The van der Waals surface area contributed by atoms with Crippen LogP contribution in [0, 0.1) is 0 Å². The number of hydrogen-bond acceptors (Lipinski definition) is 4. The van der Waals surface area contributed by atoms with Crippen LogP contribution in [0.4, 0.5) is 5.82 Å². The zero-order valence-corrected chi connectivity index (χ0v) is 9.76. The Morgan fingerprint density at radius 2 is 2.12 bits per heavy atom. The Labute approximate surface area is 96.5 Å². The van der Waals surface area contributed by atoms with Crippen LogP contribution >= 0.6 is 0 Å². The highest BCUT2D eigenvalue weighted by atomic mass is 16.5. The van der Waals surface area contributed by atoms with Crippen molar-refractivity contribution in [1.82, 2.24) is 10.0 Å². The van der Waals surface area contributed by atoms with Crippen molar-refractivity contribution < 1.29 is 5.21 Å². The highest BCUT2D eigenvalue weighted by Crippen LogP contribution is 2.22. The minimum absolute atomic E-state index is 0.527. The van der Waals surface area contributed by atoms with Crippen molar-refractivity contribution in [3.8, 4) is 0 Å². The molecule has 0 aliphatic carbocycles. The number of pyridine rings is 1. The highest BCUT2D eigenvalue weighted by molar-refractivity contribution is 5.46. The average molecular weight is 221 g/mol. The number of nitrogens with zero attached hydrogens (tertiary/aromatic N) is 3. The van der Waals surface area contributed by atoms with Gasteiger partial charge in [0.2, 0.25) is 0 Å². The first-order chi connectivity index (χ1) is 7.77. The fraction of sp³-hybridized carbons (Fsp3) is 0.583. The van der Waals surface area contributed by atoms with Gasteiger partial charge in [0.05, 0.1) is 6.54 Å². The van der Waals surface area contributed by atoms with Crippen molar-refractivity contribution in [1.29, 1.82) is 0 Å². The molecular formula is C12H19N3O. The molecule has 88 valence electrons. The van der Waals surface area contributed by atoms with Gasteiger partial charge >= 0.3 is 0 Å². The first kappa shape index (κ1) is 11.4. The van der Waals surface area contributed by atoms with Crippen molar-refractivity contribution in [2.45, 2.75) is 25.8 Å². The number of anilines is 1. The molecule has 1 aliphatic heterocycles. The summed E-state index contributed by atoms with van der Waals surface area (Å²) in [6.07, 6.45) is 5.62. The minimum atomic E-state index is 0.527. The molecule has 1 aromatic heterocycles. The van der Waals surface area contributed by atoms with Crippen LogP contribution in [0.2, 0.25) is 0 Å². The van der Waals surface area contributed by atoms with Crippen LogP contribution in [0.1, 0.15) is 24.8 Å². The third kappa shape index (κ3) is 2.71. The van der Waals surface area contributed by atoms with Crippen LogP contribution in [0.5, 0.6) is 0 Å². The van der Waals surface area contributed by atoms with Gasteiger partial charge in [-0.15, -0.1) is 0 Å². The molecule has 16 heavy (non-hydrogen) atoms. The van der Waals surface area contributed by atoms with Gasteiger partial charge in [0.15, 0.2) is 0 Å². The molecule has 4 heteroatoms. The molecular weight excluding hydrogens is 202 g/mol. The number of hydrogen-bond donors (Lipinski definition) is 1. The van der Waals surface area contributed by atoms with Crippen molar-refractivity contribution in [3.63, 3.8) is 0 Å². The molecule has 1 aromatic rings. The second-order valence-electron chi connectivity index (χ2n) is 4.35. The van der Waals surface area contributed by atoms with Crippen LogP contribution < -0.4 is 4.90 Å². The van der Waals surface area contributed by atoms with Crippen molar-refractivity contribution in [2.75, 3.05) is 25.0 Å². The summed E-state index contributed by atoms with van der Waals surface area (Å²) in [5.41, 5.74) is 1.09. The molecule has 1 N–H and O–H groups in total. The Kier molecular flexibility index (Phi) is 3.74. The molecule has 0 amide bonds. The van der Waals surface area contributed by atoms with Crippen molar-refractivity contribution in [3.05, 3.63) is 23.9 Å². The molecule has 4 nitrogen and oxygen atoms in total. The lowest BCUT2D eigenvalue weighted by atomic mass is 10.1. The van der Waals surface area contributed by atoms with Crippen LogP contribution in [0.15, 0.2) is 18.3 Å². The molecule has 2 rings (SSSR count). The molecule has 0 unspecified atom stereocenters. The summed E-state index contributed by atoms with van der Waals surface area (Å²) in [6, 6.07) is 3.95. The van der Waals surface area contributed by atoms with Gasteiger partial charge in [0.1, 0.15) is 5.82 Å². The largest absolute Gasteiger partial charge is 0.356 e. The van der Waals surface area contributed by atoms with Crippen molar-refractivity contribution in [2.24, 2.45) is 0 Å². The lowest BCUT2D eigenvalue weighted by Gasteiger charge is -2.29. The second kappa shape index (κ2) is 5.27. The first-order valence-corrected chi connectivity index (χ1v) is 5.86. The van der Waals surface area contributed by atoms with Gasteiger partial charge in [-0.25, -0.2) is 4.98 Å². The summed E-state index contributed by atoms with van der Waals surface area (Å²) < 4.78 is 0. The Morgan fingerprint density at radius 3 is 2.81 bits per heavy atom. The van der Waals surface area contributed by atoms with Gasteiger partial charge in [-0.3, -0.25) is 0 Å². The molecule has 0 spiro atoms. The summed E-state index contributed by atoms with van der Waals surface area (Å²) in [5, 5.41) is 10.5. The molecule has 2 heterocycles. The predicted octanol–water partition coefficient (Wildman–Crippen LogP) is 1.89. The quantitative estimate of drug-likeness (QED) is 0.791. The molecule has 0 bridgehead atoms. The molecule has 0 saturated carbocycles. The highest BCUT2D eigenvalue weighted by Gasteiger charge is 2.15. The van der Waals surface area contributed by atoms with Crippen LogP contribution in [0.25, 0.3) is 0 Å². The van der Waals surface area contributed by atoms with E-state index in [4.69, 9.17) is 0 Å². The number of piperidine rings is 1. The smallest absolute Gasteiger partial charge is 0.133 e. The lowest BCUT2D eigenvalue weighted by Crippen LogP contribution is -2.31. The van der Waals surface area contributed by atoms with Gasteiger partial charge in [0, 0.05) is 31.9 Å². The van der Waals surface area contributed by atoms with Crippen LogP contribution in [-0.4, -0.2) is 35.4 Å². The Hall–Kier alpha value is -1.13. The Morgan fingerprint density at radius 1 is 1.38 bits per heavy atom.